The number of nitrogens with zero attached hydrogens (tertiary/aromatic N) is 3. The molecular weight excluding hydrogens is 486 g/mol. The highest BCUT2D eigenvalue weighted by Gasteiger charge is 2.29. The Morgan fingerprint density at radius 1 is 1.16 bits per heavy atom. The fraction of sp³-hybridized carbons (Fsp3) is 0.357. The second-order valence-corrected chi connectivity index (χ2v) is 10.5. The van der Waals surface area contributed by atoms with Gasteiger partial charge in [-0.3, -0.25) is 9.78 Å². The Balaban J connectivity index is 1.74. The van der Waals surface area contributed by atoms with Gasteiger partial charge in [-0.25, -0.2) is 9.78 Å². The number of ether oxygens (including phenoxy) is 1. The molecule has 3 N–H and O–H groups in total. The fourth-order valence-corrected chi connectivity index (χ4v) is 5.46. The van der Waals surface area contributed by atoms with Gasteiger partial charge in [-0.15, -0.1) is 11.3 Å². The number of amides is 1. The summed E-state index contributed by atoms with van der Waals surface area (Å²) in [6.07, 6.45) is 4.61. The largest absolute Gasteiger partial charge is 0.464 e. The van der Waals surface area contributed by atoms with Gasteiger partial charge in [-0.1, -0.05) is 38.1 Å². The summed E-state index contributed by atoms with van der Waals surface area (Å²) in [5, 5.41) is 4.58. The average molecular weight is 520 g/mol. The summed E-state index contributed by atoms with van der Waals surface area (Å²) in [5.74, 6) is -0.583. The number of nitrogens with one attached hydrogen (secondary N) is 1. The van der Waals surface area contributed by atoms with E-state index in [1.807, 2.05) is 54.2 Å². The van der Waals surface area contributed by atoms with Crippen LogP contribution in [0.25, 0.3) is 21.3 Å². The summed E-state index contributed by atoms with van der Waals surface area (Å²) in [6, 6.07) is 12.3. The second kappa shape index (κ2) is 11.7. The minimum Gasteiger partial charge on any atom is -0.464 e. The lowest BCUT2D eigenvalue weighted by atomic mass is 10.1. The number of benzene rings is 1. The summed E-state index contributed by atoms with van der Waals surface area (Å²) in [5.41, 5.74) is 9.37. The second-order valence-electron chi connectivity index (χ2n) is 9.44. The zero-order chi connectivity index (χ0) is 26.5. The van der Waals surface area contributed by atoms with Gasteiger partial charge in [0.1, 0.15) is 16.7 Å². The van der Waals surface area contributed by atoms with Gasteiger partial charge in [0.05, 0.1) is 17.5 Å². The van der Waals surface area contributed by atoms with Crippen LogP contribution < -0.4 is 11.1 Å². The number of para-hydroxylation sites is 1. The van der Waals surface area contributed by atoms with Crippen molar-refractivity contribution in [1.82, 2.24) is 19.9 Å². The average Bonchev–Trinajstić information content (AvgIpc) is 3.46. The van der Waals surface area contributed by atoms with Crippen molar-refractivity contribution in [3.05, 3.63) is 71.3 Å². The lowest BCUT2D eigenvalue weighted by molar-refractivity contribution is -0.145. The predicted molar refractivity (Wildman–Crippen MR) is 146 cm³/mol. The molecule has 0 spiro atoms. The normalized spacial score (nSPS) is 13.0. The van der Waals surface area contributed by atoms with E-state index >= 15 is 0 Å². The molecule has 0 aliphatic heterocycles. The van der Waals surface area contributed by atoms with Gasteiger partial charge in [0.2, 0.25) is 0 Å². The van der Waals surface area contributed by atoms with Crippen LogP contribution in [0.15, 0.2) is 54.9 Å². The Bertz CT molecular complexity index is 1380. The zero-order valence-corrected chi connectivity index (χ0v) is 22.4. The molecule has 0 bridgehead atoms. The van der Waals surface area contributed by atoms with Crippen LogP contribution in [0.1, 0.15) is 54.4 Å². The Kier molecular flexibility index (Phi) is 8.35. The first-order valence-electron chi connectivity index (χ1n) is 12.5. The third-order valence-corrected chi connectivity index (χ3v) is 7.28. The monoisotopic (exact) mass is 519 g/mol. The maximum atomic E-state index is 13.7. The summed E-state index contributed by atoms with van der Waals surface area (Å²) >= 11 is 1.43. The molecule has 0 radical (unpaired) electrons. The van der Waals surface area contributed by atoms with Crippen LogP contribution >= 0.6 is 11.3 Å². The molecule has 3 heterocycles. The molecule has 4 rings (SSSR count). The summed E-state index contributed by atoms with van der Waals surface area (Å²) in [7, 11) is 1.97. The standard InChI is InChI=1S/C28H33N5O3S/c1-5-36-28(35)22(15-18-10-8-9-13-30-18)31-26(34)24-25(37-27(32-24)21(29)14-17(2)3)20-16-33(4)23-12-7-6-11-19(20)23/h6-13,16-17,21-22H,5,14-15,29H2,1-4H3,(H,31,34)/t21-,22+/m0/s1. The number of hydrogen-bond acceptors (Lipinski definition) is 7. The number of hydrogen-bond donors (Lipinski definition) is 2. The minimum atomic E-state index is -0.905. The topological polar surface area (TPSA) is 112 Å². The lowest BCUT2D eigenvalue weighted by Gasteiger charge is -2.17. The first-order valence-corrected chi connectivity index (χ1v) is 13.3. The van der Waals surface area contributed by atoms with Gasteiger partial charge in [0.25, 0.3) is 5.91 Å². The molecular formula is C28H33N5O3S. The van der Waals surface area contributed by atoms with Crippen LogP contribution in [0.2, 0.25) is 0 Å². The minimum absolute atomic E-state index is 0.207. The molecule has 8 nitrogen and oxygen atoms in total. The highest BCUT2D eigenvalue weighted by atomic mass is 32.1. The van der Waals surface area contributed by atoms with Crippen molar-refractivity contribution in [2.24, 2.45) is 18.7 Å². The van der Waals surface area contributed by atoms with E-state index in [1.165, 1.54) is 11.3 Å². The maximum absolute atomic E-state index is 13.7. The van der Waals surface area contributed by atoms with E-state index in [0.29, 0.717) is 16.6 Å². The zero-order valence-electron chi connectivity index (χ0n) is 21.6. The summed E-state index contributed by atoms with van der Waals surface area (Å²) < 4.78 is 7.28. The number of carbonyl (C=O) groups is 2. The molecule has 0 fully saturated rings. The van der Waals surface area contributed by atoms with E-state index < -0.39 is 17.9 Å². The van der Waals surface area contributed by atoms with Crippen molar-refractivity contribution in [2.75, 3.05) is 6.61 Å². The van der Waals surface area contributed by atoms with Gasteiger partial charge < -0.3 is 20.4 Å². The fourth-order valence-electron chi connectivity index (χ4n) is 4.35. The Morgan fingerprint density at radius 3 is 2.62 bits per heavy atom. The summed E-state index contributed by atoms with van der Waals surface area (Å²) in [6.45, 7) is 6.15. The van der Waals surface area contributed by atoms with E-state index in [4.69, 9.17) is 15.5 Å². The quantitative estimate of drug-likeness (QED) is 0.295. The van der Waals surface area contributed by atoms with Crippen LogP contribution in [-0.4, -0.2) is 39.1 Å². The Morgan fingerprint density at radius 2 is 1.92 bits per heavy atom. The maximum Gasteiger partial charge on any atom is 0.329 e. The van der Waals surface area contributed by atoms with Gasteiger partial charge in [0.15, 0.2) is 0 Å². The van der Waals surface area contributed by atoms with Crippen molar-refractivity contribution in [1.29, 1.82) is 0 Å². The molecule has 0 aliphatic carbocycles. The molecule has 37 heavy (non-hydrogen) atoms. The van der Waals surface area contributed by atoms with E-state index in [1.54, 1.807) is 19.2 Å². The first-order chi connectivity index (χ1) is 17.8. The predicted octanol–water partition coefficient (Wildman–Crippen LogP) is 4.65. The number of carbonyl (C=O) groups excluding carboxylic acids is 2. The van der Waals surface area contributed by atoms with Crippen molar-refractivity contribution in [3.8, 4) is 10.4 Å². The number of thiazole rings is 1. The smallest absolute Gasteiger partial charge is 0.329 e. The van der Waals surface area contributed by atoms with Crippen LogP contribution in [0.4, 0.5) is 0 Å². The Labute approximate surface area is 220 Å². The number of rotatable bonds is 10. The lowest BCUT2D eigenvalue weighted by Crippen LogP contribution is -2.43. The van der Waals surface area contributed by atoms with Crippen molar-refractivity contribution >= 4 is 34.1 Å². The molecule has 0 saturated carbocycles. The van der Waals surface area contributed by atoms with Crippen LogP contribution in [0, 0.1) is 5.92 Å². The number of fused-ring (bicyclic) bond motifs is 1. The van der Waals surface area contributed by atoms with E-state index in [2.05, 4.69) is 24.1 Å². The molecule has 9 heteroatoms. The molecule has 4 aromatic rings. The van der Waals surface area contributed by atoms with Gasteiger partial charge in [-0.05, 0) is 37.5 Å². The van der Waals surface area contributed by atoms with Crippen LogP contribution in [0.3, 0.4) is 0 Å². The number of aryl methyl sites for hydroxylation is 1. The highest BCUT2D eigenvalue weighted by molar-refractivity contribution is 7.15. The molecule has 0 unspecified atom stereocenters. The number of nitrogens with two attached hydrogens (primary N) is 1. The van der Waals surface area contributed by atoms with Crippen molar-refractivity contribution < 1.29 is 14.3 Å². The van der Waals surface area contributed by atoms with E-state index in [-0.39, 0.29) is 24.8 Å². The van der Waals surface area contributed by atoms with Gasteiger partial charge in [0, 0.05) is 48.0 Å². The molecule has 194 valence electrons. The molecule has 1 aromatic carbocycles. The van der Waals surface area contributed by atoms with Crippen molar-refractivity contribution in [3.63, 3.8) is 0 Å². The first kappa shape index (κ1) is 26.5. The van der Waals surface area contributed by atoms with E-state index in [9.17, 15) is 9.59 Å². The van der Waals surface area contributed by atoms with Crippen molar-refractivity contribution in [2.45, 2.75) is 45.7 Å². The molecule has 1 amide bonds. The molecule has 3 aromatic heterocycles. The third kappa shape index (κ3) is 6.06. The third-order valence-electron chi connectivity index (χ3n) is 6.06. The van der Waals surface area contributed by atoms with Gasteiger partial charge in [-0.2, -0.15) is 0 Å². The van der Waals surface area contributed by atoms with Gasteiger partial charge >= 0.3 is 5.97 Å². The number of pyridine rings is 1. The van der Waals surface area contributed by atoms with E-state index in [0.717, 1.165) is 27.8 Å². The van der Waals surface area contributed by atoms with Crippen LogP contribution in [0.5, 0.6) is 0 Å². The molecule has 0 saturated heterocycles. The number of esters is 1. The summed E-state index contributed by atoms with van der Waals surface area (Å²) in [4.78, 5) is 36.2. The SMILES string of the molecule is CCOC(=O)[C@@H](Cc1ccccn1)NC(=O)c1nc([C@@H](N)CC(C)C)sc1-c1cn(C)c2ccccc12. The van der Waals surface area contributed by atoms with Crippen LogP contribution in [-0.2, 0) is 23.0 Å². The highest BCUT2D eigenvalue weighted by Crippen LogP contribution is 2.38. The molecule has 2 atom stereocenters. The molecule has 0 aliphatic rings. The Hall–Kier alpha value is -3.56. The number of aromatic nitrogens is 3.